The molecule has 15 heavy (non-hydrogen) atoms. The Bertz CT molecular complexity index is 266. The van der Waals surface area contributed by atoms with Crippen LogP contribution in [0.5, 0.6) is 0 Å². The van der Waals surface area contributed by atoms with E-state index in [9.17, 15) is 9.90 Å². The summed E-state index contributed by atoms with van der Waals surface area (Å²) in [6.07, 6.45) is 4.70. The van der Waals surface area contributed by atoms with Crippen LogP contribution in [0.15, 0.2) is 12.2 Å². The minimum Gasteiger partial charge on any atom is -0.393 e. The van der Waals surface area contributed by atoms with Crippen LogP contribution in [0.3, 0.4) is 0 Å². The van der Waals surface area contributed by atoms with Gasteiger partial charge >= 0.3 is 0 Å². The summed E-state index contributed by atoms with van der Waals surface area (Å²) in [6, 6.07) is 0. The Morgan fingerprint density at radius 3 is 2.53 bits per heavy atom. The van der Waals surface area contributed by atoms with Crippen LogP contribution in [0.25, 0.3) is 0 Å². The van der Waals surface area contributed by atoms with Gasteiger partial charge in [-0.1, -0.05) is 26.8 Å². The molecule has 0 aliphatic heterocycles. The highest BCUT2D eigenvalue weighted by Gasteiger charge is 2.43. The van der Waals surface area contributed by atoms with Crippen molar-refractivity contribution < 1.29 is 9.90 Å². The maximum Gasteiger partial charge on any atom is 0.159 e. The first-order chi connectivity index (χ1) is 6.88. The summed E-state index contributed by atoms with van der Waals surface area (Å²) >= 11 is 0. The molecule has 1 rings (SSSR count). The van der Waals surface area contributed by atoms with Crippen molar-refractivity contribution in [3.05, 3.63) is 12.2 Å². The van der Waals surface area contributed by atoms with E-state index in [1.807, 2.05) is 6.92 Å². The van der Waals surface area contributed by atoms with Gasteiger partial charge in [-0.15, -0.1) is 0 Å². The predicted octanol–water partition coefficient (Wildman–Crippen LogP) is 2.56. The first-order valence-electron chi connectivity index (χ1n) is 5.73. The second-order valence-corrected chi connectivity index (χ2v) is 5.44. The van der Waals surface area contributed by atoms with Gasteiger partial charge in [-0.3, -0.25) is 4.79 Å². The Balaban J connectivity index is 2.89. The zero-order valence-electron chi connectivity index (χ0n) is 10.2. The second-order valence-electron chi connectivity index (χ2n) is 5.44. The lowest BCUT2D eigenvalue weighted by Gasteiger charge is -2.43. The molecule has 0 saturated heterocycles. The van der Waals surface area contributed by atoms with Crippen LogP contribution in [0.4, 0.5) is 0 Å². The molecule has 0 bridgehead atoms. The monoisotopic (exact) mass is 210 g/mol. The van der Waals surface area contributed by atoms with E-state index in [0.717, 1.165) is 12.8 Å². The SMILES string of the molecule is C/C=C/C(=O)C1C(C)CC(O)CC1(C)C. The van der Waals surface area contributed by atoms with Crippen LogP contribution >= 0.6 is 0 Å². The van der Waals surface area contributed by atoms with Crippen molar-refractivity contribution in [2.75, 3.05) is 0 Å². The summed E-state index contributed by atoms with van der Waals surface area (Å²) in [4.78, 5) is 12.0. The first-order valence-corrected chi connectivity index (χ1v) is 5.73. The maximum absolute atomic E-state index is 12.0. The number of carbonyl (C=O) groups is 1. The Labute approximate surface area is 92.4 Å². The van der Waals surface area contributed by atoms with Crippen molar-refractivity contribution >= 4 is 5.78 Å². The molecule has 1 aliphatic rings. The van der Waals surface area contributed by atoms with Gasteiger partial charge in [0.15, 0.2) is 5.78 Å². The third kappa shape index (κ3) is 2.69. The molecule has 3 unspecified atom stereocenters. The molecule has 1 fully saturated rings. The molecule has 0 aromatic carbocycles. The largest absolute Gasteiger partial charge is 0.393 e. The van der Waals surface area contributed by atoms with Crippen LogP contribution in [-0.2, 0) is 4.79 Å². The minimum absolute atomic E-state index is 0.0529. The summed E-state index contributed by atoms with van der Waals surface area (Å²) in [5, 5.41) is 9.72. The number of hydrogen-bond acceptors (Lipinski definition) is 2. The number of rotatable bonds is 2. The van der Waals surface area contributed by atoms with Gasteiger partial charge in [0.05, 0.1) is 6.10 Å². The number of hydrogen-bond donors (Lipinski definition) is 1. The molecule has 2 nitrogen and oxygen atoms in total. The smallest absolute Gasteiger partial charge is 0.159 e. The van der Waals surface area contributed by atoms with Crippen molar-refractivity contribution in [2.24, 2.45) is 17.3 Å². The molecule has 1 N–H and O–H groups in total. The van der Waals surface area contributed by atoms with E-state index < -0.39 is 0 Å². The van der Waals surface area contributed by atoms with E-state index in [-0.39, 0.29) is 29.1 Å². The van der Waals surface area contributed by atoms with Crippen molar-refractivity contribution in [2.45, 2.75) is 46.6 Å². The Morgan fingerprint density at radius 1 is 1.47 bits per heavy atom. The summed E-state index contributed by atoms with van der Waals surface area (Å²) in [5.74, 6) is 0.534. The molecule has 1 saturated carbocycles. The number of allylic oxidation sites excluding steroid dienone is 2. The highest BCUT2D eigenvalue weighted by Crippen LogP contribution is 2.44. The number of aliphatic hydroxyl groups is 1. The molecule has 0 heterocycles. The molecule has 0 radical (unpaired) electrons. The fourth-order valence-corrected chi connectivity index (χ4v) is 3.09. The molecule has 0 aromatic heterocycles. The van der Waals surface area contributed by atoms with Gasteiger partial charge in [0.1, 0.15) is 0 Å². The fourth-order valence-electron chi connectivity index (χ4n) is 3.09. The molecule has 2 heteroatoms. The quantitative estimate of drug-likeness (QED) is 0.711. The summed E-state index contributed by atoms with van der Waals surface area (Å²) in [7, 11) is 0. The van der Waals surface area contributed by atoms with Gasteiger partial charge < -0.3 is 5.11 Å². The van der Waals surface area contributed by atoms with Crippen molar-refractivity contribution in [1.82, 2.24) is 0 Å². The van der Waals surface area contributed by atoms with Crippen LogP contribution in [0, 0.1) is 17.3 Å². The fraction of sp³-hybridized carbons (Fsp3) is 0.769. The highest BCUT2D eigenvalue weighted by atomic mass is 16.3. The average Bonchev–Trinajstić information content (AvgIpc) is 1.99. The van der Waals surface area contributed by atoms with Gasteiger partial charge in [-0.05, 0) is 37.2 Å². The Hall–Kier alpha value is -0.630. The summed E-state index contributed by atoms with van der Waals surface area (Å²) < 4.78 is 0. The van der Waals surface area contributed by atoms with E-state index in [1.54, 1.807) is 12.2 Å². The summed E-state index contributed by atoms with van der Waals surface area (Å²) in [6.45, 7) is 8.10. The predicted molar refractivity (Wildman–Crippen MR) is 61.5 cm³/mol. The molecule has 0 spiro atoms. The zero-order chi connectivity index (χ0) is 11.6. The number of aliphatic hydroxyl groups excluding tert-OH is 1. The third-order valence-corrected chi connectivity index (χ3v) is 3.45. The van der Waals surface area contributed by atoms with Gasteiger partial charge in [0, 0.05) is 5.92 Å². The van der Waals surface area contributed by atoms with E-state index in [0.29, 0.717) is 0 Å². The van der Waals surface area contributed by atoms with Crippen molar-refractivity contribution in [3.63, 3.8) is 0 Å². The lowest BCUT2D eigenvalue weighted by molar-refractivity contribution is -0.128. The topological polar surface area (TPSA) is 37.3 Å². The van der Waals surface area contributed by atoms with Gasteiger partial charge in [0.25, 0.3) is 0 Å². The molecular weight excluding hydrogens is 188 g/mol. The van der Waals surface area contributed by atoms with Gasteiger partial charge in [-0.2, -0.15) is 0 Å². The molecule has 0 aromatic rings. The summed E-state index contributed by atoms with van der Waals surface area (Å²) in [5.41, 5.74) is -0.0896. The van der Waals surface area contributed by atoms with Crippen molar-refractivity contribution in [1.29, 1.82) is 0 Å². The average molecular weight is 210 g/mol. The van der Waals surface area contributed by atoms with Crippen molar-refractivity contribution in [3.8, 4) is 0 Å². The number of ketones is 1. The molecule has 1 aliphatic carbocycles. The van der Waals surface area contributed by atoms with Crippen LogP contribution in [0.1, 0.15) is 40.5 Å². The molecule has 3 atom stereocenters. The maximum atomic E-state index is 12.0. The van der Waals surface area contributed by atoms with Gasteiger partial charge in [0.2, 0.25) is 0 Å². The standard InChI is InChI=1S/C13H22O2/c1-5-6-11(15)12-9(2)7-10(14)8-13(12,3)4/h5-6,9-10,12,14H,7-8H2,1-4H3/b6-5+. The third-order valence-electron chi connectivity index (χ3n) is 3.45. The van der Waals surface area contributed by atoms with Crippen LogP contribution < -0.4 is 0 Å². The lowest BCUT2D eigenvalue weighted by Crippen LogP contribution is -2.43. The van der Waals surface area contributed by atoms with Crippen LogP contribution in [-0.4, -0.2) is 17.0 Å². The lowest BCUT2D eigenvalue weighted by atomic mass is 9.61. The normalized spacial score (nSPS) is 35.7. The minimum atomic E-state index is -0.246. The zero-order valence-corrected chi connectivity index (χ0v) is 10.2. The van der Waals surface area contributed by atoms with E-state index >= 15 is 0 Å². The first kappa shape index (κ1) is 12.4. The molecule has 86 valence electrons. The van der Waals surface area contributed by atoms with E-state index in [1.165, 1.54) is 0 Å². The Morgan fingerprint density at radius 2 is 2.07 bits per heavy atom. The Kier molecular flexibility index (Phi) is 3.72. The molecule has 0 amide bonds. The second kappa shape index (κ2) is 4.48. The highest BCUT2D eigenvalue weighted by molar-refractivity contribution is 5.92. The van der Waals surface area contributed by atoms with Gasteiger partial charge in [-0.25, -0.2) is 0 Å². The number of carbonyl (C=O) groups excluding carboxylic acids is 1. The van der Waals surface area contributed by atoms with E-state index in [4.69, 9.17) is 0 Å². The van der Waals surface area contributed by atoms with Crippen LogP contribution in [0.2, 0.25) is 0 Å². The van der Waals surface area contributed by atoms with E-state index in [2.05, 4.69) is 20.8 Å². The molecular formula is C13H22O2.